The van der Waals surface area contributed by atoms with Crippen LogP contribution in [-0.4, -0.2) is 38.8 Å². The fraction of sp³-hybridized carbons (Fsp3) is 0.600. The number of hydrogen-bond acceptors (Lipinski definition) is 3. The molecule has 2 rings (SSSR count). The van der Waals surface area contributed by atoms with Crippen molar-refractivity contribution >= 4 is 21.6 Å². The maximum atomic E-state index is 12.8. The molecule has 0 heterocycles. The second kappa shape index (κ2) is 6.55. The van der Waals surface area contributed by atoms with Crippen LogP contribution >= 0.6 is 11.6 Å². The van der Waals surface area contributed by atoms with E-state index in [4.69, 9.17) is 16.3 Å². The average Bonchev–Trinajstić information content (AvgIpc) is 3.30. The molecule has 1 aliphatic carbocycles. The molecule has 0 saturated heterocycles. The smallest absolute Gasteiger partial charge is 0.243 e. The van der Waals surface area contributed by atoms with E-state index in [0.717, 1.165) is 12.8 Å². The van der Waals surface area contributed by atoms with Crippen LogP contribution in [0.5, 0.6) is 5.75 Å². The number of nitrogens with zero attached hydrogens (tertiary/aromatic N) is 1. The van der Waals surface area contributed by atoms with Crippen LogP contribution in [-0.2, 0) is 16.4 Å². The van der Waals surface area contributed by atoms with E-state index in [2.05, 4.69) is 0 Å². The molecular formula is C15H22ClNO3S. The summed E-state index contributed by atoms with van der Waals surface area (Å²) in [6.07, 6.45) is 2.72. The molecule has 118 valence electrons. The molecule has 1 unspecified atom stereocenters. The summed E-state index contributed by atoms with van der Waals surface area (Å²) >= 11 is 5.81. The van der Waals surface area contributed by atoms with Crippen molar-refractivity contribution in [1.29, 1.82) is 0 Å². The zero-order chi connectivity index (χ0) is 15.6. The van der Waals surface area contributed by atoms with Gasteiger partial charge in [0.2, 0.25) is 10.0 Å². The Hall–Kier alpha value is -0.780. The van der Waals surface area contributed by atoms with Crippen LogP contribution in [0.1, 0.15) is 25.3 Å². The minimum atomic E-state index is -3.50. The van der Waals surface area contributed by atoms with Gasteiger partial charge in [-0.15, -0.1) is 11.6 Å². The summed E-state index contributed by atoms with van der Waals surface area (Å²) in [6.45, 7) is 1.97. The zero-order valence-electron chi connectivity index (χ0n) is 12.7. The van der Waals surface area contributed by atoms with E-state index in [0.29, 0.717) is 34.4 Å². The summed E-state index contributed by atoms with van der Waals surface area (Å²) in [5, 5.41) is 0. The third-order valence-corrected chi connectivity index (χ3v) is 6.40. The Morgan fingerprint density at radius 1 is 1.43 bits per heavy atom. The largest absolute Gasteiger partial charge is 0.497 e. The Balaban J connectivity index is 2.38. The number of sulfonamides is 1. The summed E-state index contributed by atoms with van der Waals surface area (Å²) in [7, 11) is -0.277. The Labute approximate surface area is 132 Å². The highest BCUT2D eigenvalue weighted by Gasteiger charge is 2.36. The van der Waals surface area contributed by atoms with Crippen LogP contribution in [0.25, 0.3) is 0 Å². The SMILES string of the molecule is COc1ccc(S(=O)(=O)N(C)C(C)C2CC2)c(CCCl)c1. The van der Waals surface area contributed by atoms with Crippen LogP contribution < -0.4 is 4.74 Å². The number of alkyl halides is 1. The van der Waals surface area contributed by atoms with Crippen LogP contribution in [0.3, 0.4) is 0 Å². The highest BCUT2D eigenvalue weighted by atomic mass is 35.5. The van der Waals surface area contributed by atoms with E-state index < -0.39 is 10.0 Å². The summed E-state index contributed by atoms with van der Waals surface area (Å²) in [4.78, 5) is 0.332. The highest BCUT2D eigenvalue weighted by Crippen LogP contribution is 2.37. The van der Waals surface area contributed by atoms with Gasteiger partial charge in [-0.05, 0) is 55.9 Å². The van der Waals surface area contributed by atoms with Gasteiger partial charge in [0, 0.05) is 19.0 Å². The number of halogens is 1. The van der Waals surface area contributed by atoms with Crippen LogP contribution in [0.4, 0.5) is 0 Å². The van der Waals surface area contributed by atoms with Gasteiger partial charge in [-0.1, -0.05) is 0 Å². The van der Waals surface area contributed by atoms with E-state index in [9.17, 15) is 8.42 Å². The van der Waals surface area contributed by atoms with Gasteiger partial charge in [-0.3, -0.25) is 0 Å². The van der Waals surface area contributed by atoms with Gasteiger partial charge in [-0.2, -0.15) is 4.31 Å². The summed E-state index contributed by atoms with van der Waals surface area (Å²) < 4.78 is 32.4. The molecule has 1 fully saturated rings. The molecule has 21 heavy (non-hydrogen) atoms. The first-order valence-corrected chi connectivity index (χ1v) is 9.10. The Morgan fingerprint density at radius 2 is 2.10 bits per heavy atom. The Bertz CT molecular complexity index is 599. The topological polar surface area (TPSA) is 46.6 Å². The monoisotopic (exact) mass is 331 g/mol. The van der Waals surface area contributed by atoms with Crippen LogP contribution in [0.15, 0.2) is 23.1 Å². The number of methoxy groups -OCH3 is 1. The molecule has 0 aromatic heterocycles. The predicted molar refractivity (Wildman–Crippen MR) is 84.6 cm³/mol. The second-order valence-electron chi connectivity index (χ2n) is 5.51. The summed E-state index contributed by atoms with van der Waals surface area (Å²) in [5.74, 6) is 1.50. The number of hydrogen-bond donors (Lipinski definition) is 0. The van der Waals surface area contributed by atoms with Gasteiger partial charge in [0.1, 0.15) is 5.75 Å². The number of benzene rings is 1. The molecule has 1 aromatic rings. The van der Waals surface area contributed by atoms with E-state index in [-0.39, 0.29) is 6.04 Å². The fourth-order valence-electron chi connectivity index (χ4n) is 2.48. The first-order chi connectivity index (χ1) is 9.91. The van der Waals surface area contributed by atoms with E-state index >= 15 is 0 Å². The van der Waals surface area contributed by atoms with E-state index in [1.165, 1.54) is 4.31 Å². The summed E-state index contributed by atoms with van der Waals surface area (Å²) in [5.41, 5.74) is 0.708. The average molecular weight is 332 g/mol. The van der Waals surface area contributed by atoms with Gasteiger partial charge in [-0.25, -0.2) is 8.42 Å². The maximum Gasteiger partial charge on any atom is 0.243 e. The van der Waals surface area contributed by atoms with Crippen molar-refractivity contribution in [3.05, 3.63) is 23.8 Å². The van der Waals surface area contributed by atoms with Crippen molar-refractivity contribution < 1.29 is 13.2 Å². The molecule has 1 aromatic carbocycles. The minimum Gasteiger partial charge on any atom is -0.497 e. The van der Waals surface area contributed by atoms with E-state index in [1.807, 2.05) is 6.92 Å². The Morgan fingerprint density at radius 3 is 2.62 bits per heavy atom. The molecule has 0 spiro atoms. The van der Waals surface area contributed by atoms with Gasteiger partial charge < -0.3 is 4.74 Å². The molecule has 0 radical (unpaired) electrons. The standard InChI is InChI=1S/C15H22ClNO3S/c1-11(12-4-5-12)17(2)21(18,19)15-7-6-14(20-3)10-13(15)8-9-16/h6-7,10-12H,4-5,8-9H2,1-3H3. The molecule has 0 bridgehead atoms. The van der Waals surface area contributed by atoms with Crippen molar-refractivity contribution in [1.82, 2.24) is 4.31 Å². The van der Waals surface area contributed by atoms with Gasteiger partial charge in [0.05, 0.1) is 12.0 Å². The van der Waals surface area contributed by atoms with Crippen LogP contribution in [0, 0.1) is 5.92 Å². The lowest BCUT2D eigenvalue weighted by Gasteiger charge is -2.25. The van der Waals surface area contributed by atoms with Crippen molar-refractivity contribution in [2.75, 3.05) is 20.0 Å². The first-order valence-electron chi connectivity index (χ1n) is 7.12. The van der Waals surface area contributed by atoms with Crippen LogP contribution in [0.2, 0.25) is 0 Å². The maximum absolute atomic E-state index is 12.8. The predicted octanol–water partition coefficient (Wildman–Crippen LogP) is 2.90. The molecule has 0 amide bonds. The molecule has 1 saturated carbocycles. The lowest BCUT2D eigenvalue weighted by Crippen LogP contribution is -2.36. The second-order valence-corrected chi connectivity index (χ2v) is 7.86. The van der Waals surface area contributed by atoms with Crippen molar-refractivity contribution in [2.45, 2.75) is 37.1 Å². The molecule has 4 nitrogen and oxygen atoms in total. The van der Waals surface area contributed by atoms with E-state index in [1.54, 1.807) is 32.4 Å². The lowest BCUT2D eigenvalue weighted by molar-refractivity contribution is 0.356. The van der Waals surface area contributed by atoms with Gasteiger partial charge >= 0.3 is 0 Å². The molecule has 1 atom stereocenters. The minimum absolute atomic E-state index is 0.0287. The van der Waals surface area contributed by atoms with Gasteiger partial charge in [0.15, 0.2) is 0 Å². The quantitative estimate of drug-likeness (QED) is 0.722. The van der Waals surface area contributed by atoms with Crippen molar-refractivity contribution in [3.63, 3.8) is 0 Å². The van der Waals surface area contributed by atoms with Gasteiger partial charge in [0.25, 0.3) is 0 Å². The normalized spacial score (nSPS) is 17.0. The van der Waals surface area contributed by atoms with Crippen molar-refractivity contribution in [3.8, 4) is 5.75 Å². The van der Waals surface area contributed by atoms with Crippen molar-refractivity contribution in [2.24, 2.45) is 5.92 Å². The molecule has 0 aliphatic heterocycles. The summed E-state index contributed by atoms with van der Waals surface area (Å²) in [6, 6.07) is 5.08. The first kappa shape index (κ1) is 16.6. The number of aryl methyl sites for hydroxylation is 1. The Kier molecular flexibility index (Phi) is 5.17. The number of rotatable bonds is 7. The molecule has 6 heteroatoms. The molecular weight excluding hydrogens is 310 g/mol. The lowest BCUT2D eigenvalue weighted by atomic mass is 10.1. The third kappa shape index (κ3) is 3.52. The molecule has 0 N–H and O–H groups in total. The fourth-order valence-corrected chi connectivity index (χ4v) is 4.34. The third-order valence-electron chi connectivity index (χ3n) is 4.17. The zero-order valence-corrected chi connectivity index (χ0v) is 14.2. The molecule has 1 aliphatic rings. The number of ether oxygens (including phenoxy) is 1. The highest BCUT2D eigenvalue weighted by molar-refractivity contribution is 7.89.